The Morgan fingerprint density at radius 2 is 2.05 bits per heavy atom. The quantitative estimate of drug-likeness (QED) is 0.847. The molecule has 5 nitrogen and oxygen atoms in total. The standard InChI is InChI=1S/C14H21NO4/c1-10(2)15(3)14(17)9-19-12-6-5-11(8-16)7-13(12)18-4/h5-7,10,16H,8-9H2,1-4H3. The van der Waals surface area contributed by atoms with E-state index in [1.807, 2.05) is 13.8 Å². The summed E-state index contributed by atoms with van der Waals surface area (Å²) in [6.45, 7) is 3.78. The van der Waals surface area contributed by atoms with Crippen molar-refractivity contribution in [3.63, 3.8) is 0 Å². The lowest BCUT2D eigenvalue weighted by molar-refractivity contribution is -0.133. The third kappa shape index (κ3) is 4.13. The normalized spacial score (nSPS) is 10.4. The van der Waals surface area contributed by atoms with E-state index in [-0.39, 0.29) is 25.2 Å². The number of carbonyl (C=O) groups is 1. The van der Waals surface area contributed by atoms with Crippen LogP contribution < -0.4 is 9.47 Å². The molecule has 1 aromatic rings. The zero-order chi connectivity index (χ0) is 14.4. The Kier molecular flexibility index (Phi) is 5.63. The first kappa shape index (κ1) is 15.3. The number of aliphatic hydroxyl groups is 1. The monoisotopic (exact) mass is 267 g/mol. The van der Waals surface area contributed by atoms with E-state index in [4.69, 9.17) is 14.6 Å². The molecule has 1 N–H and O–H groups in total. The predicted octanol–water partition coefficient (Wildman–Crippen LogP) is 1.43. The van der Waals surface area contributed by atoms with E-state index in [0.29, 0.717) is 11.5 Å². The summed E-state index contributed by atoms with van der Waals surface area (Å²) < 4.78 is 10.6. The largest absolute Gasteiger partial charge is 0.493 e. The predicted molar refractivity (Wildman–Crippen MR) is 72.3 cm³/mol. The van der Waals surface area contributed by atoms with Gasteiger partial charge in [-0.3, -0.25) is 4.79 Å². The van der Waals surface area contributed by atoms with Gasteiger partial charge in [-0.1, -0.05) is 6.07 Å². The number of hydrogen-bond acceptors (Lipinski definition) is 4. The molecule has 0 fully saturated rings. The summed E-state index contributed by atoms with van der Waals surface area (Å²) in [7, 11) is 3.26. The van der Waals surface area contributed by atoms with Gasteiger partial charge in [-0.05, 0) is 31.5 Å². The molecule has 19 heavy (non-hydrogen) atoms. The highest BCUT2D eigenvalue weighted by molar-refractivity contribution is 5.77. The first-order valence-electron chi connectivity index (χ1n) is 6.15. The molecule has 0 radical (unpaired) electrons. The summed E-state index contributed by atoms with van der Waals surface area (Å²) in [4.78, 5) is 13.4. The fourth-order valence-corrected chi connectivity index (χ4v) is 1.46. The molecular formula is C14H21NO4. The van der Waals surface area contributed by atoms with Crippen LogP contribution in [0.5, 0.6) is 11.5 Å². The summed E-state index contributed by atoms with van der Waals surface area (Å²) in [5.41, 5.74) is 0.731. The number of likely N-dealkylation sites (N-methyl/N-ethyl adjacent to an activating group) is 1. The highest BCUT2D eigenvalue weighted by Gasteiger charge is 2.14. The van der Waals surface area contributed by atoms with Crippen LogP contribution in [-0.2, 0) is 11.4 Å². The number of rotatable bonds is 6. The zero-order valence-electron chi connectivity index (χ0n) is 11.8. The summed E-state index contributed by atoms with van der Waals surface area (Å²) in [6, 6.07) is 5.24. The zero-order valence-corrected chi connectivity index (χ0v) is 11.8. The van der Waals surface area contributed by atoms with E-state index >= 15 is 0 Å². The van der Waals surface area contributed by atoms with Gasteiger partial charge in [-0.15, -0.1) is 0 Å². The summed E-state index contributed by atoms with van der Waals surface area (Å²) in [5.74, 6) is 0.903. The topological polar surface area (TPSA) is 59.0 Å². The Labute approximate surface area is 113 Å². The number of amides is 1. The molecule has 1 amide bonds. The smallest absolute Gasteiger partial charge is 0.260 e. The second-order valence-electron chi connectivity index (χ2n) is 4.53. The van der Waals surface area contributed by atoms with E-state index in [1.165, 1.54) is 7.11 Å². The van der Waals surface area contributed by atoms with Crippen LogP contribution in [0.25, 0.3) is 0 Å². The molecule has 0 aliphatic carbocycles. The lowest BCUT2D eigenvalue weighted by atomic mass is 10.2. The van der Waals surface area contributed by atoms with Gasteiger partial charge in [-0.2, -0.15) is 0 Å². The van der Waals surface area contributed by atoms with Gasteiger partial charge in [0.2, 0.25) is 0 Å². The molecule has 0 aliphatic heterocycles. The van der Waals surface area contributed by atoms with Crippen molar-refractivity contribution in [1.29, 1.82) is 0 Å². The molecule has 0 saturated carbocycles. The van der Waals surface area contributed by atoms with Gasteiger partial charge in [0.25, 0.3) is 5.91 Å². The molecule has 1 rings (SSSR count). The van der Waals surface area contributed by atoms with Crippen molar-refractivity contribution in [3.8, 4) is 11.5 Å². The van der Waals surface area contributed by atoms with Crippen LogP contribution in [0.4, 0.5) is 0 Å². The van der Waals surface area contributed by atoms with Crippen molar-refractivity contribution >= 4 is 5.91 Å². The average molecular weight is 267 g/mol. The number of hydrogen-bond donors (Lipinski definition) is 1. The lowest BCUT2D eigenvalue weighted by Gasteiger charge is -2.21. The van der Waals surface area contributed by atoms with E-state index in [0.717, 1.165) is 5.56 Å². The fraction of sp³-hybridized carbons (Fsp3) is 0.500. The van der Waals surface area contributed by atoms with Crippen molar-refractivity contribution in [3.05, 3.63) is 23.8 Å². The molecule has 5 heteroatoms. The molecule has 0 heterocycles. The Morgan fingerprint density at radius 3 is 2.58 bits per heavy atom. The Bertz CT molecular complexity index is 431. The molecule has 0 aromatic heterocycles. The van der Waals surface area contributed by atoms with E-state index in [2.05, 4.69) is 0 Å². The van der Waals surface area contributed by atoms with Gasteiger partial charge in [0.1, 0.15) is 0 Å². The van der Waals surface area contributed by atoms with Crippen molar-refractivity contribution in [2.75, 3.05) is 20.8 Å². The number of ether oxygens (including phenoxy) is 2. The maximum absolute atomic E-state index is 11.8. The highest BCUT2D eigenvalue weighted by atomic mass is 16.5. The van der Waals surface area contributed by atoms with Crippen LogP contribution >= 0.6 is 0 Å². The average Bonchev–Trinajstić information content (AvgIpc) is 2.43. The first-order chi connectivity index (χ1) is 8.99. The van der Waals surface area contributed by atoms with Crippen LogP contribution in [-0.4, -0.2) is 42.7 Å². The number of nitrogens with zero attached hydrogens (tertiary/aromatic N) is 1. The van der Waals surface area contributed by atoms with E-state index in [9.17, 15) is 4.79 Å². The summed E-state index contributed by atoms with van der Waals surface area (Å²) >= 11 is 0. The first-order valence-corrected chi connectivity index (χ1v) is 6.15. The maximum atomic E-state index is 11.8. The fourth-order valence-electron chi connectivity index (χ4n) is 1.46. The third-order valence-electron chi connectivity index (χ3n) is 2.93. The molecule has 0 unspecified atom stereocenters. The Morgan fingerprint density at radius 1 is 1.37 bits per heavy atom. The van der Waals surface area contributed by atoms with E-state index in [1.54, 1.807) is 30.1 Å². The molecule has 0 atom stereocenters. The summed E-state index contributed by atoms with van der Waals surface area (Å²) in [6.07, 6.45) is 0. The van der Waals surface area contributed by atoms with Crippen LogP contribution in [0.2, 0.25) is 0 Å². The minimum Gasteiger partial charge on any atom is -0.493 e. The van der Waals surface area contributed by atoms with Crippen LogP contribution in [0, 0.1) is 0 Å². The second-order valence-corrected chi connectivity index (χ2v) is 4.53. The van der Waals surface area contributed by atoms with Crippen LogP contribution in [0.1, 0.15) is 19.4 Å². The van der Waals surface area contributed by atoms with Gasteiger partial charge in [0.15, 0.2) is 18.1 Å². The van der Waals surface area contributed by atoms with E-state index < -0.39 is 0 Å². The van der Waals surface area contributed by atoms with Crippen molar-refractivity contribution in [2.45, 2.75) is 26.5 Å². The third-order valence-corrected chi connectivity index (χ3v) is 2.93. The molecular weight excluding hydrogens is 246 g/mol. The molecule has 0 aliphatic rings. The van der Waals surface area contributed by atoms with Crippen LogP contribution in [0.15, 0.2) is 18.2 Å². The highest BCUT2D eigenvalue weighted by Crippen LogP contribution is 2.28. The number of aliphatic hydroxyl groups excluding tert-OH is 1. The molecule has 0 saturated heterocycles. The lowest BCUT2D eigenvalue weighted by Crippen LogP contribution is -2.36. The van der Waals surface area contributed by atoms with Gasteiger partial charge in [0.05, 0.1) is 13.7 Å². The van der Waals surface area contributed by atoms with Gasteiger partial charge < -0.3 is 19.5 Å². The van der Waals surface area contributed by atoms with Gasteiger partial charge >= 0.3 is 0 Å². The van der Waals surface area contributed by atoms with Crippen molar-refractivity contribution in [2.24, 2.45) is 0 Å². The molecule has 106 valence electrons. The Balaban J connectivity index is 2.70. The van der Waals surface area contributed by atoms with Crippen molar-refractivity contribution in [1.82, 2.24) is 4.90 Å². The van der Waals surface area contributed by atoms with Crippen molar-refractivity contribution < 1.29 is 19.4 Å². The van der Waals surface area contributed by atoms with Gasteiger partial charge in [0, 0.05) is 13.1 Å². The molecule has 0 spiro atoms. The number of methoxy groups -OCH3 is 1. The summed E-state index contributed by atoms with van der Waals surface area (Å²) in [5, 5.41) is 9.04. The van der Waals surface area contributed by atoms with Crippen LogP contribution in [0.3, 0.4) is 0 Å². The molecule has 0 bridgehead atoms. The number of carbonyl (C=O) groups excluding carboxylic acids is 1. The SMILES string of the molecule is COc1cc(CO)ccc1OCC(=O)N(C)C(C)C. The minimum absolute atomic E-state index is 0.0382. The van der Waals surface area contributed by atoms with Gasteiger partial charge in [-0.25, -0.2) is 0 Å². The Hall–Kier alpha value is -1.75. The second kappa shape index (κ2) is 6.99. The molecule has 1 aromatic carbocycles. The maximum Gasteiger partial charge on any atom is 0.260 e. The minimum atomic E-state index is -0.0942. The number of benzene rings is 1.